The van der Waals surface area contributed by atoms with Crippen molar-refractivity contribution in [1.29, 1.82) is 0 Å². The van der Waals surface area contributed by atoms with Crippen molar-refractivity contribution in [3.8, 4) is 0 Å². The van der Waals surface area contributed by atoms with Gasteiger partial charge in [0.05, 0.1) is 12.7 Å². The second-order valence-electron chi connectivity index (χ2n) is 5.60. The first-order chi connectivity index (χ1) is 9.65. The second kappa shape index (κ2) is 7.41. The van der Waals surface area contributed by atoms with Crippen molar-refractivity contribution in [1.82, 2.24) is 0 Å². The molecule has 4 nitrogen and oxygen atoms in total. The monoisotopic (exact) mass is 277 g/mol. The van der Waals surface area contributed by atoms with Crippen molar-refractivity contribution in [2.45, 2.75) is 32.8 Å². The van der Waals surface area contributed by atoms with Crippen LogP contribution in [0.5, 0.6) is 0 Å². The molecule has 0 spiro atoms. The number of anilines is 1. The number of nitrogens with one attached hydrogen (secondary N) is 1. The highest BCUT2D eigenvalue weighted by molar-refractivity contribution is 5.92. The Labute approximate surface area is 120 Å². The SMILES string of the molecule is CC(C)Cc1ccccc1NC(=O)CO[C@@H]1CCOC1. The van der Waals surface area contributed by atoms with Gasteiger partial charge in [-0.05, 0) is 30.4 Å². The molecule has 1 N–H and O–H groups in total. The normalized spacial score (nSPS) is 18.4. The number of rotatable bonds is 6. The van der Waals surface area contributed by atoms with Gasteiger partial charge in [0.25, 0.3) is 0 Å². The minimum absolute atomic E-state index is 0.0617. The Morgan fingerprint density at radius 3 is 2.95 bits per heavy atom. The molecule has 1 heterocycles. The first kappa shape index (κ1) is 15.0. The van der Waals surface area contributed by atoms with Gasteiger partial charge in [-0.15, -0.1) is 0 Å². The lowest BCUT2D eigenvalue weighted by molar-refractivity contribution is -0.122. The van der Waals surface area contributed by atoms with E-state index in [0.29, 0.717) is 12.5 Å². The summed E-state index contributed by atoms with van der Waals surface area (Å²) in [6.45, 7) is 5.74. The maximum atomic E-state index is 11.9. The van der Waals surface area contributed by atoms with Gasteiger partial charge in [0.1, 0.15) is 6.61 Å². The molecule has 0 saturated carbocycles. The van der Waals surface area contributed by atoms with E-state index in [0.717, 1.165) is 25.1 Å². The number of ether oxygens (including phenoxy) is 2. The van der Waals surface area contributed by atoms with E-state index in [-0.39, 0.29) is 18.6 Å². The highest BCUT2D eigenvalue weighted by Gasteiger charge is 2.17. The molecule has 110 valence electrons. The Morgan fingerprint density at radius 2 is 2.25 bits per heavy atom. The van der Waals surface area contributed by atoms with Crippen LogP contribution in [0.4, 0.5) is 5.69 Å². The number of hydrogen-bond acceptors (Lipinski definition) is 3. The van der Waals surface area contributed by atoms with Gasteiger partial charge in [0.2, 0.25) is 5.91 Å². The molecule has 2 rings (SSSR count). The topological polar surface area (TPSA) is 47.6 Å². The molecule has 0 aromatic heterocycles. The van der Waals surface area contributed by atoms with Gasteiger partial charge in [-0.3, -0.25) is 4.79 Å². The maximum absolute atomic E-state index is 11.9. The maximum Gasteiger partial charge on any atom is 0.250 e. The molecule has 1 fully saturated rings. The Balaban J connectivity index is 1.86. The number of hydrogen-bond donors (Lipinski definition) is 1. The summed E-state index contributed by atoms with van der Waals surface area (Å²) in [5, 5.41) is 2.94. The highest BCUT2D eigenvalue weighted by atomic mass is 16.5. The summed E-state index contributed by atoms with van der Waals surface area (Å²) >= 11 is 0. The number of benzene rings is 1. The average molecular weight is 277 g/mol. The molecule has 1 aliphatic rings. The van der Waals surface area contributed by atoms with Crippen molar-refractivity contribution in [3.63, 3.8) is 0 Å². The van der Waals surface area contributed by atoms with E-state index >= 15 is 0 Å². The zero-order chi connectivity index (χ0) is 14.4. The van der Waals surface area contributed by atoms with Gasteiger partial charge in [-0.25, -0.2) is 0 Å². The predicted octanol–water partition coefficient (Wildman–Crippen LogP) is 2.63. The van der Waals surface area contributed by atoms with Crippen LogP contribution in [0.1, 0.15) is 25.8 Å². The average Bonchev–Trinajstić information content (AvgIpc) is 2.91. The van der Waals surface area contributed by atoms with Gasteiger partial charge in [-0.1, -0.05) is 32.0 Å². The molecule has 1 saturated heterocycles. The Kier molecular flexibility index (Phi) is 5.56. The minimum Gasteiger partial charge on any atom is -0.379 e. The zero-order valence-electron chi connectivity index (χ0n) is 12.2. The summed E-state index contributed by atoms with van der Waals surface area (Å²) in [7, 11) is 0. The molecule has 1 aromatic carbocycles. The molecule has 20 heavy (non-hydrogen) atoms. The van der Waals surface area contributed by atoms with E-state index in [1.807, 2.05) is 18.2 Å². The molecule has 1 aromatic rings. The Bertz CT molecular complexity index is 439. The van der Waals surface area contributed by atoms with Gasteiger partial charge in [0.15, 0.2) is 0 Å². The summed E-state index contributed by atoms with van der Waals surface area (Å²) in [4.78, 5) is 11.9. The van der Waals surface area contributed by atoms with Crippen LogP contribution >= 0.6 is 0 Å². The van der Waals surface area contributed by atoms with Crippen molar-refractivity contribution >= 4 is 11.6 Å². The van der Waals surface area contributed by atoms with Crippen LogP contribution in [-0.2, 0) is 20.7 Å². The molecule has 0 aliphatic carbocycles. The van der Waals surface area contributed by atoms with Crippen molar-refractivity contribution < 1.29 is 14.3 Å². The van der Waals surface area contributed by atoms with Crippen LogP contribution in [0.2, 0.25) is 0 Å². The molecular weight excluding hydrogens is 254 g/mol. The number of carbonyl (C=O) groups excluding carboxylic acids is 1. The molecular formula is C16H23NO3. The fourth-order valence-corrected chi connectivity index (χ4v) is 2.28. The standard InChI is InChI=1S/C16H23NO3/c1-12(2)9-13-5-3-4-6-15(13)17-16(18)11-20-14-7-8-19-10-14/h3-6,12,14H,7-11H2,1-2H3,(H,17,18)/t14-/m1/s1. The predicted molar refractivity (Wildman–Crippen MR) is 78.8 cm³/mol. The van der Waals surface area contributed by atoms with Crippen LogP contribution in [0.25, 0.3) is 0 Å². The fraction of sp³-hybridized carbons (Fsp3) is 0.562. The third-order valence-electron chi connectivity index (χ3n) is 3.26. The van der Waals surface area contributed by atoms with Gasteiger partial charge in [0, 0.05) is 12.3 Å². The van der Waals surface area contributed by atoms with Crippen LogP contribution in [-0.4, -0.2) is 31.8 Å². The summed E-state index contributed by atoms with van der Waals surface area (Å²) in [5.41, 5.74) is 2.05. The van der Waals surface area contributed by atoms with Crippen LogP contribution in [0, 0.1) is 5.92 Å². The number of para-hydroxylation sites is 1. The smallest absolute Gasteiger partial charge is 0.250 e. The van der Waals surface area contributed by atoms with E-state index < -0.39 is 0 Å². The third-order valence-corrected chi connectivity index (χ3v) is 3.26. The first-order valence-electron chi connectivity index (χ1n) is 7.22. The van der Waals surface area contributed by atoms with E-state index in [9.17, 15) is 4.79 Å². The van der Waals surface area contributed by atoms with E-state index in [1.165, 1.54) is 5.56 Å². The van der Waals surface area contributed by atoms with E-state index in [4.69, 9.17) is 9.47 Å². The van der Waals surface area contributed by atoms with Crippen LogP contribution in [0.15, 0.2) is 24.3 Å². The number of amides is 1. The Morgan fingerprint density at radius 1 is 1.45 bits per heavy atom. The van der Waals surface area contributed by atoms with Gasteiger partial charge in [-0.2, -0.15) is 0 Å². The van der Waals surface area contributed by atoms with Gasteiger partial charge >= 0.3 is 0 Å². The fourth-order valence-electron chi connectivity index (χ4n) is 2.28. The third kappa shape index (κ3) is 4.62. The lowest BCUT2D eigenvalue weighted by atomic mass is 10.0. The molecule has 0 bridgehead atoms. The summed E-state index contributed by atoms with van der Waals surface area (Å²) in [6.07, 6.45) is 1.89. The van der Waals surface area contributed by atoms with E-state index in [2.05, 4.69) is 25.2 Å². The highest BCUT2D eigenvalue weighted by Crippen LogP contribution is 2.19. The molecule has 0 unspecified atom stereocenters. The zero-order valence-corrected chi connectivity index (χ0v) is 12.2. The van der Waals surface area contributed by atoms with Crippen molar-refractivity contribution in [3.05, 3.63) is 29.8 Å². The summed E-state index contributed by atoms with van der Waals surface area (Å²) < 4.78 is 10.7. The quantitative estimate of drug-likeness (QED) is 0.869. The minimum atomic E-state index is -0.104. The molecule has 0 radical (unpaired) electrons. The molecule has 1 aliphatic heterocycles. The van der Waals surface area contributed by atoms with Crippen molar-refractivity contribution in [2.24, 2.45) is 5.92 Å². The van der Waals surface area contributed by atoms with Crippen molar-refractivity contribution in [2.75, 3.05) is 25.1 Å². The summed E-state index contributed by atoms with van der Waals surface area (Å²) in [6, 6.07) is 7.93. The molecule has 1 amide bonds. The lowest BCUT2D eigenvalue weighted by Crippen LogP contribution is -2.24. The largest absolute Gasteiger partial charge is 0.379 e. The number of carbonyl (C=O) groups is 1. The van der Waals surface area contributed by atoms with Gasteiger partial charge < -0.3 is 14.8 Å². The molecule has 1 atom stereocenters. The lowest BCUT2D eigenvalue weighted by Gasteiger charge is -2.14. The van der Waals surface area contributed by atoms with Crippen LogP contribution in [0.3, 0.4) is 0 Å². The second-order valence-corrected chi connectivity index (χ2v) is 5.60. The Hall–Kier alpha value is -1.39. The molecule has 4 heteroatoms. The first-order valence-corrected chi connectivity index (χ1v) is 7.22. The van der Waals surface area contributed by atoms with E-state index in [1.54, 1.807) is 0 Å². The summed E-state index contributed by atoms with van der Waals surface area (Å²) in [5.74, 6) is 0.452. The van der Waals surface area contributed by atoms with Crippen LogP contribution < -0.4 is 5.32 Å².